The van der Waals surface area contributed by atoms with Crippen molar-refractivity contribution in [3.63, 3.8) is 0 Å². The molecule has 37 heavy (non-hydrogen) atoms. The third kappa shape index (κ3) is 5.73. The lowest BCUT2D eigenvalue weighted by molar-refractivity contribution is 0.233. The molecule has 0 aliphatic rings. The van der Waals surface area contributed by atoms with E-state index < -0.39 is 0 Å². The SMILES string of the molecule is CCCCC(CC)COc1c(C#N)c(-c2ccc(C#N)cc2)c(OC)c(C#N)c1-c1ccc(C#N)cc1. The Balaban J connectivity index is 2.34. The van der Waals surface area contributed by atoms with Gasteiger partial charge in [0.15, 0.2) is 0 Å². The van der Waals surface area contributed by atoms with Gasteiger partial charge in [-0.3, -0.25) is 0 Å². The van der Waals surface area contributed by atoms with E-state index in [4.69, 9.17) is 9.47 Å². The minimum absolute atomic E-state index is 0.238. The molecule has 0 amide bonds. The lowest BCUT2D eigenvalue weighted by Crippen LogP contribution is -2.13. The number of nitriles is 4. The van der Waals surface area contributed by atoms with Crippen LogP contribution in [-0.2, 0) is 0 Å². The van der Waals surface area contributed by atoms with E-state index in [9.17, 15) is 21.0 Å². The summed E-state index contributed by atoms with van der Waals surface area (Å²) in [6.45, 7) is 4.67. The molecule has 0 saturated carbocycles. The summed E-state index contributed by atoms with van der Waals surface area (Å²) in [5.41, 5.74) is 3.65. The van der Waals surface area contributed by atoms with Crippen LogP contribution < -0.4 is 9.47 Å². The van der Waals surface area contributed by atoms with Gasteiger partial charge in [-0.2, -0.15) is 21.0 Å². The third-order valence-corrected chi connectivity index (χ3v) is 6.45. The fourth-order valence-electron chi connectivity index (χ4n) is 4.34. The summed E-state index contributed by atoms with van der Waals surface area (Å²) in [6.07, 6.45) is 4.10. The third-order valence-electron chi connectivity index (χ3n) is 6.45. The van der Waals surface area contributed by atoms with E-state index in [-0.39, 0.29) is 16.9 Å². The number of ether oxygens (including phenoxy) is 2. The van der Waals surface area contributed by atoms with Crippen LogP contribution in [0.2, 0.25) is 0 Å². The summed E-state index contributed by atoms with van der Waals surface area (Å²) in [7, 11) is 1.46. The van der Waals surface area contributed by atoms with Gasteiger partial charge in [0.25, 0.3) is 0 Å². The predicted molar refractivity (Wildman–Crippen MR) is 142 cm³/mol. The molecule has 1 atom stereocenters. The monoisotopic (exact) mass is 488 g/mol. The highest BCUT2D eigenvalue weighted by Gasteiger charge is 2.28. The highest BCUT2D eigenvalue weighted by atomic mass is 16.5. The average Bonchev–Trinajstić information content (AvgIpc) is 2.96. The molecule has 6 nitrogen and oxygen atoms in total. The molecule has 0 N–H and O–H groups in total. The number of nitrogens with zero attached hydrogens (tertiary/aromatic N) is 4. The first-order chi connectivity index (χ1) is 18.1. The molecule has 6 heteroatoms. The lowest BCUT2D eigenvalue weighted by Gasteiger charge is -2.23. The molecule has 3 aromatic carbocycles. The molecule has 1 unspecified atom stereocenters. The second kappa shape index (κ2) is 12.8. The van der Waals surface area contributed by atoms with Crippen molar-refractivity contribution in [2.75, 3.05) is 13.7 Å². The van der Waals surface area contributed by atoms with Gasteiger partial charge in [-0.1, -0.05) is 57.4 Å². The smallest absolute Gasteiger partial charge is 0.147 e. The number of hydrogen-bond donors (Lipinski definition) is 0. The van der Waals surface area contributed by atoms with Crippen molar-refractivity contribution in [3.8, 4) is 58.0 Å². The van der Waals surface area contributed by atoms with Gasteiger partial charge in [0, 0.05) is 11.1 Å². The fraction of sp³-hybridized carbons (Fsp3) is 0.290. The van der Waals surface area contributed by atoms with E-state index >= 15 is 0 Å². The quantitative estimate of drug-likeness (QED) is 0.300. The second-order valence-electron chi connectivity index (χ2n) is 8.69. The molecular weight excluding hydrogens is 460 g/mol. The van der Waals surface area contributed by atoms with Crippen LogP contribution in [0, 0.1) is 51.2 Å². The fourth-order valence-corrected chi connectivity index (χ4v) is 4.34. The Hall–Kier alpha value is -4.78. The van der Waals surface area contributed by atoms with E-state index in [0.717, 1.165) is 25.7 Å². The van der Waals surface area contributed by atoms with Gasteiger partial charge in [-0.25, -0.2) is 0 Å². The maximum absolute atomic E-state index is 10.4. The summed E-state index contributed by atoms with van der Waals surface area (Å²) in [4.78, 5) is 0. The Kier molecular flexibility index (Phi) is 9.27. The summed E-state index contributed by atoms with van der Waals surface area (Å²) in [5, 5.41) is 39.2. The number of unbranched alkanes of at least 4 members (excludes halogenated alkanes) is 1. The molecule has 0 aromatic heterocycles. The number of benzene rings is 3. The highest BCUT2D eigenvalue weighted by Crippen LogP contribution is 2.48. The van der Waals surface area contributed by atoms with Crippen LogP contribution in [0.1, 0.15) is 61.8 Å². The van der Waals surface area contributed by atoms with Crippen molar-refractivity contribution in [2.45, 2.75) is 39.5 Å². The maximum Gasteiger partial charge on any atom is 0.147 e. The molecule has 3 aromatic rings. The van der Waals surface area contributed by atoms with E-state index in [1.54, 1.807) is 48.5 Å². The Morgan fingerprint density at radius 3 is 1.59 bits per heavy atom. The molecule has 0 aliphatic carbocycles. The molecule has 0 radical (unpaired) electrons. The molecular formula is C31H28N4O2. The van der Waals surface area contributed by atoms with Crippen LogP contribution in [0.4, 0.5) is 0 Å². The van der Waals surface area contributed by atoms with Crippen molar-refractivity contribution in [1.29, 1.82) is 21.0 Å². The molecule has 0 heterocycles. The molecule has 0 spiro atoms. The van der Waals surface area contributed by atoms with Crippen LogP contribution in [0.3, 0.4) is 0 Å². The summed E-state index contributed by atoms with van der Waals surface area (Å²) in [6, 6.07) is 22.4. The maximum atomic E-state index is 10.4. The lowest BCUT2D eigenvalue weighted by atomic mass is 9.88. The number of methoxy groups -OCH3 is 1. The first kappa shape index (κ1) is 26.8. The largest absolute Gasteiger partial charge is 0.495 e. The Morgan fingerprint density at radius 2 is 1.19 bits per heavy atom. The van der Waals surface area contributed by atoms with E-state index in [2.05, 4.69) is 38.1 Å². The number of rotatable bonds is 10. The molecule has 0 saturated heterocycles. The van der Waals surface area contributed by atoms with Gasteiger partial charge in [0.05, 0.1) is 37.0 Å². The Morgan fingerprint density at radius 1 is 0.703 bits per heavy atom. The van der Waals surface area contributed by atoms with Crippen molar-refractivity contribution < 1.29 is 9.47 Å². The zero-order chi connectivity index (χ0) is 26.8. The average molecular weight is 489 g/mol. The van der Waals surface area contributed by atoms with Gasteiger partial charge in [-0.05, 0) is 47.7 Å². The Bertz CT molecular complexity index is 1410. The van der Waals surface area contributed by atoms with Crippen LogP contribution in [-0.4, -0.2) is 13.7 Å². The second-order valence-corrected chi connectivity index (χ2v) is 8.69. The number of hydrogen-bond acceptors (Lipinski definition) is 6. The van der Waals surface area contributed by atoms with Gasteiger partial charge in [-0.15, -0.1) is 0 Å². The first-order valence-corrected chi connectivity index (χ1v) is 12.3. The van der Waals surface area contributed by atoms with E-state index in [1.807, 2.05) is 0 Å². The minimum Gasteiger partial charge on any atom is -0.495 e. The van der Waals surface area contributed by atoms with Crippen molar-refractivity contribution >= 4 is 0 Å². The van der Waals surface area contributed by atoms with Crippen LogP contribution >= 0.6 is 0 Å². The highest BCUT2D eigenvalue weighted by molar-refractivity contribution is 5.92. The predicted octanol–water partition coefficient (Wildman–Crippen LogP) is 7.11. The molecule has 0 aliphatic heterocycles. The van der Waals surface area contributed by atoms with Crippen molar-refractivity contribution in [3.05, 3.63) is 70.8 Å². The topological polar surface area (TPSA) is 114 Å². The molecule has 0 fully saturated rings. The summed E-state index contributed by atoms with van der Waals surface area (Å²) in [5.74, 6) is 0.874. The summed E-state index contributed by atoms with van der Waals surface area (Å²) < 4.78 is 12.2. The van der Waals surface area contributed by atoms with Crippen LogP contribution in [0.25, 0.3) is 22.3 Å². The van der Waals surface area contributed by atoms with Crippen molar-refractivity contribution in [1.82, 2.24) is 0 Å². The molecule has 0 bridgehead atoms. The Labute approximate surface area is 218 Å². The zero-order valence-electron chi connectivity index (χ0n) is 21.3. The van der Waals surface area contributed by atoms with E-state index in [0.29, 0.717) is 51.7 Å². The normalized spacial score (nSPS) is 10.9. The van der Waals surface area contributed by atoms with Gasteiger partial charge in [0.1, 0.15) is 34.8 Å². The zero-order valence-corrected chi connectivity index (χ0v) is 21.3. The molecule has 184 valence electrons. The van der Waals surface area contributed by atoms with Crippen LogP contribution in [0.5, 0.6) is 11.5 Å². The molecule has 3 rings (SSSR count). The minimum atomic E-state index is 0.238. The standard InChI is InChI=1S/C31H28N4O2/c1-4-6-7-21(5-2)20-37-31-27(19-35)28(24-12-8-22(16-32)9-13-24)30(36-3)26(18-34)29(31)25-14-10-23(17-33)11-15-25/h8-15,21H,4-7,20H2,1-3H3. The first-order valence-electron chi connectivity index (χ1n) is 12.3. The van der Waals surface area contributed by atoms with Crippen LogP contribution in [0.15, 0.2) is 48.5 Å². The van der Waals surface area contributed by atoms with Gasteiger partial charge < -0.3 is 9.47 Å². The van der Waals surface area contributed by atoms with Crippen molar-refractivity contribution in [2.24, 2.45) is 5.92 Å². The van der Waals surface area contributed by atoms with Gasteiger partial charge >= 0.3 is 0 Å². The van der Waals surface area contributed by atoms with Gasteiger partial charge in [0.2, 0.25) is 0 Å². The summed E-state index contributed by atoms with van der Waals surface area (Å²) >= 11 is 0. The van der Waals surface area contributed by atoms with E-state index in [1.165, 1.54) is 7.11 Å².